The van der Waals surface area contributed by atoms with Crippen molar-refractivity contribution in [3.05, 3.63) is 35.9 Å². The molecule has 1 amide bonds. The van der Waals surface area contributed by atoms with Gasteiger partial charge in [0, 0.05) is 25.7 Å². The highest BCUT2D eigenvalue weighted by Crippen LogP contribution is 2.18. The predicted octanol–water partition coefficient (Wildman–Crippen LogP) is 1.25. The lowest BCUT2D eigenvalue weighted by Crippen LogP contribution is -2.40. The van der Waals surface area contributed by atoms with Crippen LogP contribution in [0.4, 0.5) is 0 Å². The summed E-state index contributed by atoms with van der Waals surface area (Å²) < 4.78 is 31.6. The second-order valence-corrected chi connectivity index (χ2v) is 7.15. The zero-order chi connectivity index (χ0) is 16.7. The molecule has 0 radical (unpaired) electrons. The first kappa shape index (κ1) is 17.7. The first-order chi connectivity index (χ1) is 11.0. The van der Waals surface area contributed by atoms with Crippen LogP contribution in [-0.2, 0) is 19.6 Å². The third kappa shape index (κ3) is 4.89. The SMILES string of the molecule is CCCNC(=O)/C=C/c1ccc(S(=O)(=O)N2CCOCC2)cc1. The molecule has 1 aromatic rings. The lowest BCUT2D eigenvalue weighted by atomic mass is 10.2. The molecule has 6 nitrogen and oxygen atoms in total. The monoisotopic (exact) mass is 338 g/mol. The van der Waals surface area contributed by atoms with Gasteiger partial charge in [-0.25, -0.2) is 8.42 Å². The van der Waals surface area contributed by atoms with Crippen LogP contribution in [0.15, 0.2) is 35.2 Å². The zero-order valence-electron chi connectivity index (χ0n) is 13.2. The molecule has 7 heteroatoms. The van der Waals surface area contributed by atoms with Crippen LogP contribution in [0.25, 0.3) is 6.08 Å². The van der Waals surface area contributed by atoms with Gasteiger partial charge in [-0.1, -0.05) is 19.1 Å². The minimum absolute atomic E-state index is 0.156. The van der Waals surface area contributed by atoms with Crippen LogP contribution in [0.3, 0.4) is 0 Å². The quantitative estimate of drug-likeness (QED) is 0.792. The maximum atomic E-state index is 12.5. The minimum Gasteiger partial charge on any atom is -0.379 e. The molecule has 2 rings (SSSR count). The van der Waals surface area contributed by atoms with E-state index >= 15 is 0 Å². The molecule has 1 aliphatic heterocycles. The van der Waals surface area contributed by atoms with E-state index < -0.39 is 10.0 Å². The molecule has 0 saturated carbocycles. The van der Waals surface area contributed by atoms with Crippen molar-refractivity contribution in [3.8, 4) is 0 Å². The maximum absolute atomic E-state index is 12.5. The molecule has 1 N–H and O–H groups in total. The summed E-state index contributed by atoms with van der Waals surface area (Å²) in [6, 6.07) is 6.51. The fourth-order valence-corrected chi connectivity index (χ4v) is 3.57. The Balaban J connectivity index is 2.04. The average molecular weight is 338 g/mol. The molecular formula is C16H22N2O4S. The second-order valence-electron chi connectivity index (χ2n) is 5.21. The number of amides is 1. The van der Waals surface area contributed by atoms with Crippen LogP contribution >= 0.6 is 0 Å². The number of carbonyl (C=O) groups is 1. The van der Waals surface area contributed by atoms with Gasteiger partial charge in [-0.05, 0) is 30.2 Å². The Labute approximate surface area is 137 Å². The summed E-state index contributed by atoms with van der Waals surface area (Å²) in [5.41, 5.74) is 0.776. The first-order valence-electron chi connectivity index (χ1n) is 7.68. The van der Waals surface area contributed by atoms with Crippen molar-refractivity contribution in [3.63, 3.8) is 0 Å². The van der Waals surface area contributed by atoms with Gasteiger partial charge in [-0.15, -0.1) is 0 Å². The van der Waals surface area contributed by atoms with Gasteiger partial charge in [0.25, 0.3) is 0 Å². The Morgan fingerprint density at radius 3 is 2.52 bits per heavy atom. The number of rotatable bonds is 6. The molecule has 0 aliphatic carbocycles. The summed E-state index contributed by atoms with van der Waals surface area (Å²) in [4.78, 5) is 11.8. The number of nitrogens with zero attached hydrogens (tertiary/aromatic N) is 1. The standard InChI is InChI=1S/C16H22N2O4S/c1-2-9-17-16(19)8-5-14-3-6-15(7-4-14)23(20,21)18-10-12-22-13-11-18/h3-8H,2,9-13H2,1H3,(H,17,19)/b8-5+. The molecule has 126 valence electrons. The third-order valence-corrected chi connectivity index (χ3v) is 5.38. The van der Waals surface area contributed by atoms with Crippen molar-refractivity contribution >= 4 is 22.0 Å². The maximum Gasteiger partial charge on any atom is 0.243 e. The van der Waals surface area contributed by atoms with Gasteiger partial charge in [0.1, 0.15) is 0 Å². The fraction of sp³-hybridized carbons (Fsp3) is 0.438. The van der Waals surface area contributed by atoms with E-state index in [4.69, 9.17) is 4.74 Å². The van der Waals surface area contributed by atoms with Crippen LogP contribution < -0.4 is 5.32 Å². The summed E-state index contributed by atoms with van der Waals surface area (Å²) in [6.07, 6.45) is 3.99. The molecule has 0 atom stereocenters. The number of hydrogen-bond donors (Lipinski definition) is 1. The summed E-state index contributed by atoms with van der Waals surface area (Å²) in [5, 5.41) is 2.74. The number of ether oxygens (including phenoxy) is 1. The third-order valence-electron chi connectivity index (χ3n) is 3.46. The van der Waals surface area contributed by atoms with Gasteiger partial charge in [-0.2, -0.15) is 4.31 Å². The molecular weight excluding hydrogens is 316 g/mol. The summed E-state index contributed by atoms with van der Waals surface area (Å²) in [5.74, 6) is -0.156. The lowest BCUT2D eigenvalue weighted by molar-refractivity contribution is -0.116. The normalized spacial score (nSPS) is 16.6. The van der Waals surface area contributed by atoms with Crippen LogP contribution in [-0.4, -0.2) is 51.5 Å². The number of sulfonamides is 1. The smallest absolute Gasteiger partial charge is 0.243 e. The van der Waals surface area contributed by atoms with Crippen molar-refractivity contribution in [2.24, 2.45) is 0 Å². The Kier molecular flexibility index (Phi) is 6.32. The van der Waals surface area contributed by atoms with Crippen LogP contribution in [0, 0.1) is 0 Å². The van der Waals surface area contributed by atoms with E-state index in [0.717, 1.165) is 12.0 Å². The Morgan fingerprint density at radius 1 is 1.26 bits per heavy atom. The topological polar surface area (TPSA) is 75.7 Å². The predicted molar refractivity (Wildman–Crippen MR) is 88.4 cm³/mol. The Bertz CT molecular complexity index is 647. The number of morpholine rings is 1. The Morgan fingerprint density at radius 2 is 1.91 bits per heavy atom. The molecule has 1 heterocycles. The number of benzene rings is 1. The minimum atomic E-state index is -3.47. The van der Waals surface area contributed by atoms with E-state index in [0.29, 0.717) is 32.8 Å². The summed E-state index contributed by atoms with van der Waals surface area (Å²) >= 11 is 0. The Hall–Kier alpha value is -1.70. The molecule has 0 aromatic heterocycles. The van der Waals surface area contributed by atoms with E-state index in [1.807, 2.05) is 6.92 Å². The van der Waals surface area contributed by atoms with Gasteiger partial charge in [0.05, 0.1) is 18.1 Å². The van der Waals surface area contributed by atoms with Crippen molar-refractivity contribution in [1.29, 1.82) is 0 Å². The van der Waals surface area contributed by atoms with Crippen LogP contribution in [0.2, 0.25) is 0 Å². The molecule has 23 heavy (non-hydrogen) atoms. The zero-order valence-corrected chi connectivity index (χ0v) is 14.0. The summed E-state index contributed by atoms with van der Waals surface area (Å²) in [7, 11) is -3.47. The lowest BCUT2D eigenvalue weighted by Gasteiger charge is -2.26. The van der Waals surface area contributed by atoms with Gasteiger partial charge < -0.3 is 10.1 Å². The number of nitrogens with one attached hydrogen (secondary N) is 1. The molecule has 1 aromatic carbocycles. The fourth-order valence-electron chi connectivity index (χ4n) is 2.17. The van der Waals surface area contributed by atoms with Crippen molar-refractivity contribution < 1.29 is 17.9 Å². The van der Waals surface area contributed by atoms with Crippen molar-refractivity contribution in [2.75, 3.05) is 32.8 Å². The molecule has 0 spiro atoms. The average Bonchev–Trinajstić information content (AvgIpc) is 2.59. The highest BCUT2D eigenvalue weighted by atomic mass is 32.2. The second kappa shape index (κ2) is 8.24. The van der Waals surface area contributed by atoms with E-state index in [1.54, 1.807) is 30.3 Å². The molecule has 0 unspecified atom stereocenters. The number of carbonyl (C=O) groups excluding carboxylic acids is 1. The van der Waals surface area contributed by atoms with Gasteiger partial charge in [-0.3, -0.25) is 4.79 Å². The highest BCUT2D eigenvalue weighted by molar-refractivity contribution is 7.89. The van der Waals surface area contributed by atoms with E-state index in [-0.39, 0.29) is 10.8 Å². The van der Waals surface area contributed by atoms with Crippen molar-refractivity contribution in [1.82, 2.24) is 9.62 Å². The molecule has 1 saturated heterocycles. The van der Waals surface area contributed by atoms with E-state index in [9.17, 15) is 13.2 Å². The molecule has 1 aliphatic rings. The van der Waals surface area contributed by atoms with Gasteiger partial charge >= 0.3 is 0 Å². The number of hydrogen-bond acceptors (Lipinski definition) is 4. The van der Waals surface area contributed by atoms with Crippen molar-refractivity contribution in [2.45, 2.75) is 18.2 Å². The van der Waals surface area contributed by atoms with Crippen LogP contribution in [0.1, 0.15) is 18.9 Å². The molecule has 1 fully saturated rings. The first-order valence-corrected chi connectivity index (χ1v) is 9.12. The van der Waals surface area contributed by atoms with Gasteiger partial charge in [0.2, 0.25) is 15.9 Å². The highest BCUT2D eigenvalue weighted by Gasteiger charge is 2.25. The largest absolute Gasteiger partial charge is 0.379 e. The van der Waals surface area contributed by atoms with Crippen LogP contribution in [0.5, 0.6) is 0 Å². The van der Waals surface area contributed by atoms with E-state index in [1.165, 1.54) is 10.4 Å². The summed E-state index contributed by atoms with van der Waals surface area (Å²) in [6.45, 7) is 4.22. The van der Waals surface area contributed by atoms with Gasteiger partial charge in [0.15, 0.2) is 0 Å². The van der Waals surface area contributed by atoms with E-state index in [2.05, 4.69) is 5.32 Å². The molecule has 0 bridgehead atoms.